The van der Waals surface area contributed by atoms with Crippen molar-refractivity contribution in [1.29, 1.82) is 0 Å². The molecular formula is C11H12ClN3O2. The van der Waals surface area contributed by atoms with Crippen LogP contribution in [0.1, 0.15) is 35.7 Å². The maximum Gasteiger partial charge on any atom is 0.339 e. The minimum atomic E-state index is -0.414. The topological polar surface area (TPSA) is 56.5 Å². The summed E-state index contributed by atoms with van der Waals surface area (Å²) in [5.74, 6) is -0.295. The van der Waals surface area contributed by atoms with Crippen LogP contribution < -0.4 is 0 Å². The van der Waals surface area contributed by atoms with Gasteiger partial charge in [0.15, 0.2) is 5.65 Å². The number of nitrogens with zero attached hydrogens (tertiary/aromatic N) is 3. The van der Waals surface area contributed by atoms with Crippen molar-refractivity contribution in [2.75, 3.05) is 7.11 Å². The number of ether oxygens (including phenoxy) is 1. The van der Waals surface area contributed by atoms with E-state index in [1.165, 1.54) is 13.3 Å². The molecule has 0 fully saturated rings. The lowest BCUT2D eigenvalue weighted by molar-refractivity contribution is 0.0598. The number of halogens is 1. The molecule has 17 heavy (non-hydrogen) atoms. The Balaban J connectivity index is 2.76. The average molecular weight is 254 g/mol. The third-order valence-electron chi connectivity index (χ3n) is 2.48. The highest BCUT2D eigenvalue weighted by molar-refractivity contribution is 6.29. The second-order valence-corrected chi connectivity index (χ2v) is 4.34. The summed E-state index contributed by atoms with van der Waals surface area (Å²) >= 11 is 5.84. The van der Waals surface area contributed by atoms with Gasteiger partial charge < -0.3 is 4.74 Å². The standard InChI is InChI=1S/C11H12ClN3O2/c1-6(2)9-7(11(16)17-3)4-13-15-5-8(12)14-10(9)15/h4-6H,1-3H3. The molecule has 0 aromatic carbocycles. The third-order valence-corrected chi connectivity index (χ3v) is 2.67. The minimum Gasteiger partial charge on any atom is -0.465 e. The van der Waals surface area contributed by atoms with E-state index in [1.54, 1.807) is 10.7 Å². The number of aromatic nitrogens is 3. The SMILES string of the molecule is COC(=O)c1cnn2cc(Cl)nc2c1C(C)C. The maximum absolute atomic E-state index is 11.7. The molecule has 0 saturated carbocycles. The van der Waals surface area contributed by atoms with Crippen LogP contribution in [0.15, 0.2) is 12.4 Å². The zero-order chi connectivity index (χ0) is 12.6. The number of esters is 1. The van der Waals surface area contributed by atoms with Crippen molar-refractivity contribution in [3.63, 3.8) is 0 Å². The molecule has 0 amide bonds. The first-order valence-corrected chi connectivity index (χ1v) is 5.54. The van der Waals surface area contributed by atoms with Gasteiger partial charge in [0.05, 0.1) is 25.1 Å². The van der Waals surface area contributed by atoms with Crippen molar-refractivity contribution in [3.8, 4) is 0 Å². The molecule has 0 atom stereocenters. The summed E-state index contributed by atoms with van der Waals surface area (Å²) in [5, 5.41) is 4.43. The summed E-state index contributed by atoms with van der Waals surface area (Å²) < 4.78 is 6.29. The summed E-state index contributed by atoms with van der Waals surface area (Å²) in [5.41, 5.74) is 1.81. The molecule has 0 N–H and O–H groups in total. The van der Waals surface area contributed by atoms with Crippen molar-refractivity contribution >= 4 is 23.2 Å². The molecular weight excluding hydrogens is 242 g/mol. The fraction of sp³-hybridized carbons (Fsp3) is 0.364. The highest BCUT2D eigenvalue weighted by atomic mass is 35.5. The number of methoxy groups -OCH3 is 1. The lowest BCUT2D eigenvalue weighted by Crippen LogP contribution is -2.10. The predicted octanol–water partition coefficient (Wildman–Crippen LogP) is 2.29. The van der Waals surface area contributed by atoms with Gasteiger partial charge in [-0.15, -0.1) is 0 Å². The van der Waals surface area contributed by atoms with E-state index >= 15 is 0 Å². The maximum atomic E-state index is 11.7. The van der Waals surface area contributed by atoms with E-state index in [4.69, 9.17) is 16.3 Å². The van der Waals surface area contributed by atoms with Crippen molar-refractivity contribution in [3.05, 3.63) is 28.7 Å². The molecule has 5 nitrogen and oxygen atoms in total. The van der Waals surface area contributed by atoms with Gasteiger partial charge in [-0.3, -0.25) is 0 Å². The summed E-state index contributed by atoms with van der Waals surface area (Å²) in [6, 6.07) is 0. The van der Waals surface area contributed by atoms with Crippen LogP contribution in [0.25, 0.3) is 5.65 Å². The number of carbonyl (C=O) groups excluding carboxylic acids is 1. The quantitative estimate of drug-likeness (QED) is 0.771. The first-order valence-electron chi connectivity index (χ1n) is 5.16. The summed E-state index contributed by atoms with van der Waals surface area (Å²) in [4.78, 5) is 15.8. The summed E-state index contributed by atoms with van der Waals surface area (Å²) in [6.45, 7) is 3.95. The zero-order valence-electron chi connectivity index (χ0n) is 9.77. The summed E-state index contributed by atoms with van der Waals surface area (Å²) in [6.07, 6.45) is 3.08. The van der Waals surface area contributed by atoms with E-state index in [-0.39, 0.29) is 5.92 Å². The van der Waals surface area contributed by atoms with E-state index in [9.17, 15) is 4.79 Å². The Labute approximate surface area is 103 Å². The van der Waals surface area contributed by atoms with E-state index in [0.717, 1.165) is 5.56 Å². The largest absolute Gasteiger partial charge is 0.465 e. The normalized spacial score (nSPS) is 11.1. The Kier molecular flexibility index (Phi) is 3.02. The van der Waals surface area contributed by atoms with E-state index < -0.39 is 5.97 Å². The van der Waals surface area contributed by atoms with Gasteiger partial charge >= 0.3 is 5.97 Å². The molecule has 6 heteroatoms. The molecule has 0 aliphatic rings. The van der Waals surface area contributed by atoms with Crippen molar-refractivity contribution in [2.45, 2.75) is 19.8 Å². The van der Waals surface area contributed by atoms with E-state index in [0.29, 0.717) is 16.4 Å². The average Bonchev–Trinajstić information content (AvgIpc) is 2.66. The van der Waals surface area contributed by atoms with E-state index in [2.05, 4.69) is 10.1 Å². The van der Waals surface area contributed by atoms with Crippen LogP contribution in [0.3, 0.4) is 0 Å². The number of imidazole rings is 1. The molecule has 2 aromatic heterocycles. The van der Waals surface area contributed by atoms with Crippen molar-refractivity contribution in [2.24, 2.45) is 0 Å². The molecule has 90 valence electrons. The van der Waals surface area contributed by atoms with Crippen molar-refractivity contribution < 1.29 is 9.53 Å². The third kappa shape index (κ3) is 1.98. The molecule has 0 aliphatic carbocycles. The van der Waals surface area contributed by atoms with Crippen LogP contribution in [0.2, 0.25) is 5.15 Å². The lowest BCUT2D eigenvalue weighted by atomic mass is 10.00. The van der Waals surface area contributed by atoms with Crippen molar-refractivity contribution in [1.82, 2.24) is 14.6 Å². The van der Waals surface area contributed by atoms with Gasteiger partial charge in [-0.25, -0.2) is 14.3 Å². The van der Waals surface area contributed by atoms with Crippen LogP contribution in [-0.2, 0) is 4.74 Å². The Morgan fingerprint density at radius 3 is 2.82 bits per heavy atom. The van der Waals surface area contributed by atoms with Crippen LogP contribution in [0, 0.1) is 0 Å². The van der Waals surface area contributed by atoms with Gasteiger partial charge in [-0.2, -0.15) is 5.10 Å². The first kappa shape index (κ1) is 11.9. The molecule has 0 saturated heterocycles. The minimum absolute atomic E-state index is 0.119. The Bertz CT molecular complexity index is 577. The molecule has 0 radical (unpaired) electrons. The highest BCUT2D eigenvalue weighted by Crippen LogP contribution is 2.25. The van der Waals surface area contributed by atoms with Crippen LogP contribution in [0.4, 0.5) is 0 Å². The molecule has 0 aliphatic heterocycles. The van der Waals surface area contributed by atoms with Gasteiger partial charge in [0.25, 0.3) is 0 Å². The Hall–Kier alpha value is -1.62. The van der Waals surface area contributed by atoms with Gasteiger partial charge in [0.2, 0.25) is 0 Å². The smallest absolute Gasteiger partial charge is 0.339 e. The molecule has 0 bridgehead atoms. The van der Waals surface area contributed by atoms with Gasteiger partial charge in [-0.05, 0) is 5.92 Å². The van der Waals surface area contributed by atoms with Crippen LogP contribution in [-0.4, -0.2) is 27.7 Å². The number of rotatable bonds is 2. The number of carbonyl (C=O) groups is 1. The Morgan fingerprint density at radius 2 is 2.24 bits per heavy atom. The first-order chi connectivity index (χ1) is 8.04. The van der Waals surface area contributed by atoms with Crippen LogP contribution >= 0.6 is 11.6 Å². The number of hydrogen-bond acceptors (Lipinski definition) is 4. The molecule has 2 heterocycles. The zero-order valence-corrected chi connectivity index (χ0v) is 10.5. The monoisotopic (exact) mass is 253 g/mol. The lowest BCUT2D eigenvalue weighted by Gasteiger charge is -2.11. The molecule has 2 aromatic rings. The molecule has 2 rings (SSSR count). The van der Waals surface area contributed by atoms with E-state index in [1.807, 2.05) is 13.8 Å². The predicted molar refractivity (Wildman–Crippen MR) is 63.4 cm³/mol. The fourth-order valence-electron chi connectivity index (χ4n) is 1.77. The van der Waals surface area contributed by atoms with Crippen LogP contribution in [0.5, 0.6) is 0 Å². The highest BCUT2D eigenvalue weighted by Gasteiger charge is 2.20. The second kappa shape index (κ2) is 4.33. The fourth-order valence-corrected chi connectivity index (χ4v) is 1.94. The number of fused-ring (bicyclic) bond motifs is 1. The molecule has 0 spiro atoms. The number of hydrogen-bond donors (Lipinski definition) is 0. The molecule has 0 unspecified atom stereocenters. The second-order valence-electron chi connectivity index (χ2n) is 3.95. The summed E-state index contributed by atoms with van der Waals surface area (Å²) in [7, 11) is 1.34. The van der Waals surface area contributed by atoms with Gasteiger partial charge in [-0.1, -0.05) is 25.4 Å². The Morgan fingerprint density at radius 1 is 1.53 bits per heavy atom. The van der Waals surface area contributed by atoms with Gasteiger partial charge in [0.1, 0.15) is 5.15 Å². The van der Waals surface area contributed by atoms with Gasteiger partial charge in [0, 0.05) is 5.56 Å².